The third-order valence-electron chi connectivity index (χ3n) is 5.16. The molecule has 0 amide bonds. The Morgan fingerprint density at radius 2 is 1.11 bits per heavy atom. The summed E-state index contributed by atoms with van der Waals surface area (Å²) in [7, 11) is 0. The summed E-state index contributed by atoms with van der Waals surface area (Å²) in [4.78, 5) is 0. The van der Waals surface area contributed by atoms with Crippen molar-refractivity contribution >= 4 is 5.57 Å². The fraction of sp³-hybridized carbons (Fsp3) is 0.385. The topological polar surface area (TPSA) is 0 Å². The van der Waals surface area contributed by atoms with Crippen molar-refractivity contribution in [2.24, 2.45) is 0 Å². The number of rotatable bonds is 11. The minimum absolute atomic E-state index is 0. The predicted octanol–water partition coefficient (Wildman–Crippen LogP) is 8.92. The summed E-state index contributed by atoms with van der Waals surface area (Å²) in [6.45, 7) is 3.75. The summed E-state index contributed by atoms with van der Waals surface area (Å²) >= 11 is 0. The molecule has 0 nitrogen and oxygen atoms in total. The van der Waals surface area contributed by atoms with Gasteiger partial charge in [0, 0.05) is 6.07 Å². The van der Waals surface area contributed by atoms with Gasteiger partial charge in [0.05, 0.1) is 11.6 Å². The molecule has 0 radical (unpaired) electrons. The van der Waals surface area contributed by atoms with Crippen LogP contribution in [0.5, 0.6) is 0 Å². The molecule has 0 aromatic heterocycles. The van der Waals surface area contributed by atoms with Crippen LogP contribution in [0.15, 0.2) is 17.7 Å². The van der Waals surface area contributed by atoms with Crippen LogP contribution in [-0.4, -0.2) is 0 Å². The van der Waals surface area contributed by atoms with Gasteiger partial charge in [0.15, 0.2) is 0 Å². The van der Waals surface area contributed by atoms with Gasteiger partial charge >= 0.3 is 26.2 Å². The third kappa shape index (κ3) is 7.86. The standard InChI is InChI=1S/C26H24F8.Zr/c1-3-5-7-9-11-16(22-25(33)20(29)14-21(30)26(22)34)15(10-8-6-4-2)12-17-23(31)18(27)13-19(28)24(17)32;/h13-14H,3-10H2,1-2H3;/q-2;+4. The van der Waals surface area contributed by atoms with Crippen LogP contribution in [0, 0.1) is 58.7 Å². The van der Waals surface area contributed by atoms with Crippen molar-refractivity contribution in [1.82, 2.24) is 0 Å². The zero-order valence-corrected chi connectivity index (χ0v) is 21.8. The number of allylic oxidation sites excluding steroid dienone is 3. The molecule has 2 aromatic carbocycles. The summed E-state index contributed by atoms with van der Waals surface area (Å²) in [5.41, 5.74) is -3.13. The van der Waals surface area contributed by atoms with E-state index in [0.29, 0.717) is 32.1 Å². The van der Waals surface area contributed by atoms with E-state index in [9.17, 15) is 35.1 Å². The molecule has 0 N–H and O–H groups in total. The fourth-order valence-corrected chi connectivity index (χ4v) is 3.36. The summed E-state index contributed by atoms with van der Waals surface area (Å²) in [5.74, 6) is -13.7. The van der Waals surface area contributed by atoms with E-state index in [2.05, 4.69) is 12.2 Å². The minimum Gasteiger partial charge on any atom is -0.261 e. The summed E-state index contributed by atoms with van der Waals surface area (Å²) in [6.07, 6.45) is 8.50. The van der Waals surface area contributed by atoms with Crippen LogP contribution in [0.4, 0.5) is 35.1 Å². The molecule has 0 fully saturated rings. The molecule has 2 rings (SSSR count). The molecule has 0 unspecified atom stereocenters. The van der Waals surface area contributed by atoms with Crippen LogP contribution in [-0.2, 0) is 26.2 Å². The van der Waals surface area contributed by atoms with E-state index in [-0.39, 0.29) is 56.8 Å². The molecular formula is C26H24F8Zr+2. The van der Waals surface area contributed by atoms with E-state index in [4.69, 9.17) is 0 Å². The van der Waals surface area contributed by atoms with Gasteiger partial charge in [-0.2, -0.15) is 0 Å². The molecule has 0 spiro atoms. The van der Waals surface area contributed by atoms with Crippen LogP contribution in [0.3, 0.4) is 0 Å². The Morgan fingerprint density at radius 1 is 0.657 bits per heavy atom. The Bertz CT molecular complexity index is 1020. The molecule has 0 atom stereocenters. The van der Waals surface area contributed by atoms with Gasteiger partial charge in [-0.1, -0.05) is 76.3 Å². The van der Waals surface area contributed by atoms with Crippen molar-refractivity contribution in [3.63, 3.8) is 0 Å². The molecule has 35 heavy (non-hydrogen) atoms. The maximum atomic E-state index is 14.7. The third-order valence-corrected chi connectivity index (χ3v) is 5.16. The van der Waals surface area contributed by atoms with Crippen molar-refractivity contribution < 1.29 is 61.3 Å². The number of halogens is 8. The molecule has 0 aliphatic heterocycles. The second-order valence-corrected chi connectivity index (χ2v) is 7.76. The van der Waals surface area contributed by atoms with Gasteiger partial charge in [-0.3, -0.25) is 20.4 Å². The molecular weight excluding hydrogens is 555 g/mol. The van der Waals surface area contributed by atoms with Gasteiger partial charge in [-0.05, 0) is 6.07 Å². The van der Waals surface area contributed by atoms with Crippen LogP contribution >= 0.6 is 0 Å². The van der Waals surface area contributed by atoms with Gasteiger partial charge in [0.25, 0.3) is 0 Å². The second-order valence-electron chi connectivity index (χ2n) is 7.76. The Morgan fingerprint density at radius 3 is 1.60 bits per heavy atom. The zero-order chi connectivity index (χ0) is 25.4. The Kier molecular flexibility index (Phi) is 13.2. The van der Waals surface area contributed by atoms with Crippen molar-refractivity contribution in [2.75, 3.05) is 0 Å². The molecule has 9 heteroatoms. The molecule has 2 aromatic rings. The van der Waals surface area contributed by atoms with E-state index in [1.165, 1.54) is 0 Å². The van der Waals surface area contributed by atoms with Crippen LogP contribution in [0.25, 0.3) is 5.57 Å². The first-order valence-corrected chi connectivity index (χ1v) is 11.0. The quantitative estimate of drug-likeness (QED) is 0.0820. The Balaban J connectivity index is 0.00000612. The van der Waals surface area contributed by atoms with Gasteiger partial charge in [0.1, 0.15) is 34.9 Å². The minimum atomic E-state index is -1.76. The molecule has 0 saturated carbocycles. The SMILES string of the molecule is CCCCC[C-]=C(C(=[C-]c1c(F)c(F)cc(F)c1F)CCCCC)c1c(F)c(F)cc(F)c1F.[Zr+4]. The Labute approximate surface area is 219 Å². The maximum Gasteiger partial charge on any atom is 4.00 e. The van der Waals surface area contributed by atoms with Crippen LogP contribution < -0.4 is 0 Å². The smallest absolute Gasteiger partial charge is 0.261 e. The molecule has 0 aliphatic carbocycles. The average Bonchev–Trinajstić information content (AvgIpc) is 2.80. The first kappa shape index (κ1) is 31.3. The molecule has 0 bridgehead atoms. The fourth-order valence-electron chi connectivity index (χ4n) is 3.36. The second kappa shape index (κ2) is 14.7. The van der Waals surface area contributed by atoms with Gasteiger partial charge in [0.2, 0.25) is 0 Å². The predicted molar refractivity (Wildman–Crippen MR) is 113 cm³/mol. The van der Waals surface area contributed by atoms with Crippen molar-refractivity contribution in [1.29, 1.82) is 0 Å². The normalized spacial score (nSPS) is 12.2. The molecule has 0 saturated heterocycles. The maximum absolute atomic E-state index is 14.7. The first-order valence-electron chi connectivity index (χ1n) is 11.0. The number of benzene rings is 2. The van der Waals surface area contributed by atoms with E-state index >= 15 is 0 Å². The van der Waals surface area contributed by atoms with E-state index in [1.54, 1.807) is 0 Å². The van der Waals surface area contributed by atoms with E-state index < -0.39 is 63.2 Å². The van der Waals surface area contributed by atoms with Gasteiger partial charge < -0.3 is 0 Å². The largest absolute Gasteiger partial charge is 4.00 e. The van der Waals surface area contributed by atoms with Crippen molar-refractivity contribution in [3.05, 3.63) is 87.5 Å². The molecule has 0 aliphatic rings. The zero-order valence-electron chi connectivity index (χ0n) is 19.3. The summed E-state index contributed by atoms with van der Waals surface area (Å²) < 4.78 is 114. The van der Waals surface area contributed by atoms with Gasteiger partial charge in [-0.15, -0.1) is 0 Å². The van der Waals surface area contributed by atoms with Crippen LogP contribution in [0.2, 0.25) is 0 Å². The molecule has 0 heterocycles. The number of hydrogen-bond acceptors (Lipinski definition) is 0. The van der Waals surface area contributed by atoms with E-state index in [1.807, 2.05) is 13.8 Å². The molecule has 186 valence electrons. The summed E-state index contributed by atoms with van der Waals surface area (Å²) in [6, 6.07) is 0.0514. The van der Waals surface area contributed by atoms with Crippen molar-refractivity contribution in [2.45, 2.75) is 65.2 Å². The Hall–Kier alpha value is -1.76. The van der Waals surface area contributed by atoms with E-state index in [0.717, 1.165) is 6.42 Å². The van der Waals surface area contributed by atoms with Gasteiger partial charge in [-0.25, -0.2) is 38.0 Å². The first-order chi connectivity index (χ1) is 16.1. The van der Waals surface area contributed by atoms with Crippen LogP contribution in [0.1, 0.15) is 76.3 Å². The average molecular weight is 580 g/mol. The monoisotopic (exact) mass is 578 g/mol. The number of unbranched alkanes of at least 4 members (excludes halogenated alkanes) is 5. The van der Waals surface area contributed by atoms with Crippen molar-refractivity contribution in [3.8, 4) is 0 Å². The summed E-state index contributed by atoms with van der Waals surface area (Å²) in [5, 5.41) is 0. The number of hydrogen-bond donors (Lipinski definition) is 0.